The van der Waals surface area contributed by atoms with E-state index < -0.39 is 27.9 Å². The molecule has 1 aromatic heterocycles. The van der Waals surface area contributed by atoms with Crippen molar-refractivity contribution in [3.63, 3.8) is 0 Å². The van der Waals surface area contributed by atoms with Crippen LogP contribution in [0.4, 0.5) is 11.5 Å². The fourth-order valence-corrected chi connectivity index (χ4v) is 2.28. The van der Waals surface area contributed by atoms with Gasteiger partial charge in [-0.15, -0.1) is 0 Å². The van der Waals surface area contributed by atoms with Crippen molar-refractivity contribution in [2.24, 2.45) is 11.1 Å². The van der Waals surface area contributed by atoms with Crippen LogP contribution in [0.25, 0.3) is 0 Å². The van der Waals surface area contributed by atoms with E-state index in [0.29, 0.717) is 13.0 Å². The number of carbonyl (C=O) groups is 2. The molecule has 112 valence electrons. The van der Waals surface area contributed by atoms with E-state index in [4.69, 9.17) is 10.8 Å². The second-order valence-corrected chi connectivity index (χ2v) is 5.23. The van der Waals surface area contributed by atoms with E-state index in [1.54, 1.807) is 11.8 Å². The summed E-state index contributed by atoms with van der Waals surface area (Å²) >= 11 is 0. The molecule has 1 fully saturated rings. The molecule has 9 nitrogen and oxygen atoms in total. The fraction of sp³-hybridized carbons (Fsp3) is 0.417. The number of primary amides is 1. The minimum atomic E-state index is -1.29. The lowest BCUT2D eigenvalue weighted by molar-refractivity contribution is -0.384. The number of hydrogen-bond acceptors (Lipinski definition) is 6. The molecule has 0 saturated carbocycles. The number of carboxylic acid groups (broad SMARTS) is 1. The predicted molar refractivity (Wildman–Crippen MR) is 72.0 cm³/mol. The third-order valence-electron chi connectivity index (χ3n) is 3.66. The normalized spacial score (nSPS) is 21.3. The van der Waals surface area contributed by atoms with Crippen LogP contribution in [-0.4, -0.2) is 40.0 Å². The summed E-state index contributed by atoms with van der Waals surface area (Å²) in [6.45, 7) is 2.29. The number of amides is 1. The molecule has 0 spiro atoms. The molecular formula is C12H14N4O5. The number of nitro groups is 1. The van der Waals surface area contributed by atoms with Crippen molar-refractivity contribution in [3.05, 3.63) is 27.9 Å². The Hall–Kier alpha value is -2.71. The zero-order valence-electron chi connectivity index (χ0n) is 11.3. The molecule has 1 aromatic rings. The maximum absolute atomic E-state index is 11.4. The monoisotopic (exact) mass is 294 g/mol. The third-order valence-corrected chi connectivity index (χ3v) is 3.66. The van der Waals surface area contributed by atoms with Gasteiger partial charge < -0.3 is 15.7 Å². The number of aromatic nitrogens is 1. The SMILES string of the molecule is CC1(C(N)=O)CCN(c2ncc(C(=O)O)cc2[N+](=O)[O-])C1. The van der Waals surface area contributed by atoms with E-state index in [2.05, 4.69) is 4.98 Å². The highest BCUT2D eigenvalue weighted by atomic mass is 16.6. The Balaban J connectivity index is 2.39. The van der Waals surface area contributed by atoms with Gasteiger partial charge in [-0.1, -0.05) is 0 Å². The minimum Gasteiger partial charge on any atom is -0.478 e. The minimum absolute atomic E-state index is 0.0509. The number of nitrogens with two attached hydrogens (primary N) is 1. The zero-order valence-corrected chi connectivity index (χ0v) is 11.3. The molecule has 1 unspecified atom stereocenters. The molecular weight excluding hydrogens is 280 g/mol. The summed E-state index contributed by atoms with van der Waals surface area (Å²) in [5.74, 6) is -1.72. The lowest BCUT2D eigenvalue weighted by Gasteiger charge is -2.21. The lowest BCUT2D eigenvalue weighted by atomic mass is 9.89. The Morgan fingerprint density at radius 3 is 2.71 bits per heavy atom. The van der Waals surface area contributed by atoms with Crippen LogP contribution in [0.1, 0.15) is 23.7 Å². The first-order valence-electron chi connectivity index (χ1n) is 6.17. The van der Waals surface area contributed by atoms with Gasteiger partial charge in [-0.05, 0) is 13.3 Å². The summed E-state index contributed by atoms with van der Waals surface area (Å²) < 4.78 is 0. The van der Waals surface area contributed by atoms with Gasteiger partial charge in [0.25, 0.3) is 0 Å². The molecule has 0 radical (unpaired) electrons. The van der Waals surface area contributed by atoms with E-state index >= 15 is 0 Å². The van der Waals surface area contributed by atoms with Crippen molar-refractivity contribution in [1.29, 1.82) is 0 Å². The van der Waals surface area contributed by atoms with Crippen molar-refractivity contribution < 1.29 is 19.6 Å². The smallest absolute Gasteiger partial charge is 0.337 e. The van der Waals surface area contributed by atoms with E-state index in [0.717, 1.165) is 12.3 Å². The van der Waals surface area contributed by atoms with Crippen molar-refractivity contribution in [2.45, 2.75) is 13.3 Å². The number of nitrogens with zero attached hydrogens (tertiary/aromatic N) is 3. The first-order valence-corrected chi connectivity index (χ1v) is 6.17. The summed E-state index contributed by atoms with van der Waals surface area (Å²) in [7, 11) is 0. The molecule has 1 atom stereocenters. The van der Waals surface area contributed by atoms with Gasteiger partial charge >= 0.3 is 11.7 Å². The third kappa shape index (κ3) is 2.62. The number of hydrogen-bond donors (Lipinski definition) is 2. The van der Waals surface area contributed by atoms with E-state index in [1.165, 1.54) is 0 Å². The van der Waals surface area contributed by atoms with Crippen LogP contribution in [0, 0.1) is 15.5 Å². The van der Waals surface area contributed by atoms with Gasteiger partial charge in [0.2, 0.25) is 11.7 Å². The highest BCUT2D eigenvalue weighted by Crippen LogP contribution is 2.36. The summed E-state index contributed by atoms with van der Waals surface area (Å²) in [4.78, 5) is 38.2. The molecule has 2 rings (SSSR count). The Bertz CT molecular complexity index is 632. The molecule has 1 amide bonds. The van der Waals surface area contributed by atoms with Gasteiger partial charge in [0.05, 0.1) is 15.9 Å². The topological polar surface area (TPSA) is 140 Å². The molecule has 1 saturated heterocycles. The number of carbonyl (C=O) groups excluding carboxylic acids is 1. The zero-order chi connectivity index (χ0) is 15.8. The van der Waals surface area contributed by atoms with Crippen LogP contribution >= 0.6 is 0 Å². The summed E-state index contributed by atoms with van der Waals surface area (Å²) in [5, 5.41) is 20.0. The lowest BCUT2D eigenvalue weighted by Crippen LogP contribution is -2.37. The highest BCUT2D eigenvalue weighted by molar-refractivity contribution is 5.89. The number of aromatic carboxylic acids is 1. The average Bonchev–Trinajstić information content (AvgIpc) is 2.82. The van der Waals surface area contributed by atoms with Gasteiger partial charge in [-0.25, -0.2) is 9.78 Å². The fourth-order valence-electron chi connectivity index (χ4n) is 2.28. The van der Waals surface area contributed by atoms with E-state index in [-0.39, 0.29) is 17.9 Å². The second-order valence-electron chi connectivity index (χ2n) is 5.23. The Kier molecular flexibility index (Phi) is 3.50. The standard InChI is InChI=1S/C12H14N4O5/c1-12(11(13)19)2-3-15(6-12)9-8(16(20)21)4-7(5-14-9)10(17)18/h4-5H,2-3,6H2,1H3,(H2,13,19)(H,17,18). The van der Waals surface area contributed by atoms with E-state index in [1.807, 2.05) is 0 Å². The van der Waals surface area contributed by atoms with Crippen LogP contribution in [0.5, 0.6) is 0 Å². The largest absolute Gasteiger partial charge is 0.478 e. The summed E-state index contributed by atoms with van der Waals surface area (Å²) in [5.41, 5.74) is 3.90. The van der Waals surface area contributed by atoms with Crippen LogP contribution in [0.3, 0.4) is 0 Å². The maximum atomic E-state index is 11.4. The maximum Gasteiger partial charge on any atom is 0.337 e. The molecule has 1 aliphatic heterocycles. The summed E-state index contributed by atoms with van der Waals surface area (Å²) in [6, 6.07) is 0.963. The first kappa shape index (κ1) is 14.7. The molecule has 2 heterocycles. The van der Waals surface area contributed by atoms with Crippen molar-refractivity contribution >= 4 is 23.4 Å². The molecule has 9 heteroatoms. The van der Waals surface area contributed by atoms with Crippen LogP contribution in [-0.2, 0) is 4.79 Å². The highest BCUT2D eigenvalue weighted by Gasteiger charge is 2.41. The molecule has 0 bridgehead atoms. The van der Waals surface area contributed by atoms with Gasteiger partial charge in [0.15, 0.2) is 0 Å². The molecule has 1 aliphatic rings. The number of carboxylic acids is 1. The van der Waals surface area contributed by atoms with Gasteiger partial charge in [0, 0.05) is 25.4 Å². The number of rotatable bonds is 4. The molecule has 21 heavy (non-hydrogen) atoms. The second kappa shape index (κ2) is 5.00. The van der Waals surface area contributed by atoms with Crippen molar-refractivity contribution in [3.8, 4) is 0 Å². The molecule has 3 N–H and O–H groups in total. The predicted octanol–water partition coefficient (Wildman–Crippen LogP) is 0.390. The van der Waals surface area contributed by atoms with E-state index in [9.17, 15) is 19.7 Å². The average molecular weight is 294 g/mol. The van der Waals surface area contributed by atoms with Gasteiger partial charge in [-0.2, -0.15) is 0 Å². The Morgan fingerprint density at radius 1 is 1.57 bits per heavy atom. The van der Waals surface area contributed by atoms with Crippen LogP contribution < -0.4 is 10.6 Å². The number of anilines is 1. The first-order chi connectivity index (χ1) is 9.74. The van der Waals surface area contributed by atoms with Gasteiger partial charge in [-0.3, -0.25) is 14.9 Å². The number of pyridine rings is 1. The van der Waals surface area contributed by atoms with Crippen molar-refractivity contribution in [2.75, 3.05) is 18.0 Å². The molecule has 0 aromatic carbocycles. The Labute approximate surface area is 119 Å². The van der Waals surface area contributed by atoms with Gasteiger partial charge in [0.1, 0.15) is 0 Å². The molecule has 0 aliphatic carbocycles. The quantitative estimate of drug-likeness (QED) is 0.604. The Morgan fingerprint density at radius 2 is 2.24 bits per heavy atom. The van der Waals surface area contributed by atoms with Crippen LogP contribution in [0.2, 0.25) is 0 Å². The van der Waals surface area contributed by atoms with Crippen LogP contribution in [0.15, 0.2) is 12.3 Å². The van der Waals surface area contributed by atoms with Crippen molar-refractivity contribution in [1.82, 2.24) is 4.98 Å². The summed E-state index contributed by atoms with van der Waals surface area (Å²) in [6.07, 6.45) is 1.52.